The van der Waals surface area contributed by atoms with Crippen LogP contribution in [0.3, 0.4) is 0 Å². The minimum absolute atomic E-state index is 0.105. The molecule has 0 saturated carbocycles. The molecule has 1 aliphatic rings. The lowest BCUT2D eigenvalue weighted by atomic mass is 10.1. The first kappa shape index (κ1) is 17.7. The van der Waals surface area contributed by atoms with E-state index in [1.807, 2.05) is 39.8 Å². The van der Waals surface area contributed by atoms with Crippen LogP contribution in [0.25, 0.3) is 11.4 Å². The highest BCUT2D eigenvalue weighted by Crippen LogP contribution is 2.33. The van der Waals surface area contributed by atoms with Crippen LogP contribution in [0.1, 0.15) is 19.4 Å². The van der Waals surface area contributed by atoms with E-state index in [9.17, 15) is 4.79 Å². The second-order valence-corrected chi connectivity index (χ2v) is 7.46. The summed E-state index contributed by atoms with van der Waals surface area (Å²) < 4.78 is 2.04. The lowest BCUT2D eigenvalue weighted by Gasteiger charge is -2.22. The Hall–Kier alpha value is -2.67. The molecule has 0 saturated heterocycles. The van der Waals surface area contributed by atoms with Crippen LogP contribution in [0.15, 0.2) is 53.9 Å². The summed E-state index contributed by atoms with van der Waals surface area (Å²) in [6, 6.07) is 12.2. The molecular weight excluding hydrogens is 358 g/mol. The van der Waals surface area contributed by atoms with Crippen molar-refractivity contribution < 1.29 is 4.79 Å². The Kier molecular flexibility index (Phi) is 4.94. The van der Waals surface area contributed by atoms with Crippen molar-refractivity contribution in [1.82, 2.24) is 19.7 Å². The first-order valence-corrected chi connectivity index (χ1v) is 10.0. The SMILES string of the molecule is CCn1c(SCC(=O)N2c3ccccc3C[C@@H]2C)nnc1-c1ccncc1. The maximum atomic E-state index is 12.9. The number of hydrogen-bond donors (Lipinski definition) is 0. The molecule has 0 N–H and O–H groups in total. The Labute approximate surface area is 162 Å². The average Bonchev–Trinajstić information content (AvgIpc) is 3.26. The van der Waals surface area contributed by atoms with Gasteiger partial charge in [-0.3, -0.25) is 9.78 Å². The number of fused-ring (bicyclic) bond motifs is 1. The molecule has 6 nitrogen and oxygen atoms in total. The van der Waals surface area contributed by atoms with Crippen LogP contribution in [0.5, 0.6) is 0 Å². The molecule has 3 aromatic rings. The van der Waals surface area contributed by atoms with Gasteiger partial charge in [-0.1, -0.05) is 30.0 Å². The van der Waals surface area contributed by atoms with Gasteiger partial charge in [0.1, 0.15) is 0 Å². The third kappa shape index (κ3) is 3.35. The fraction of sp³-hybridized carbons (Fsp3) is 0.300. The summed E-state index contributed by atoms with van der Waals surface area (Å²) in [7, 11) is 0. The molecule has 0 aliphatic carbocycles. The number of amides is 1. The van der Waals surface area contributed by atoms with Crippen molar-refractivity contribution in [2.24, 2.45) is 0 Å². The quantitative estimate of drug-likeness (QED) is 0.636. The van der Waals surface area contributed by atoms with Crippen LogP contribution < -0.4 is 4.90 Å². The van der Waals surface area contributed by atoms with E-state index in [-0.39, 0.29) is 11.9 Å². The lowest BCUT2D eigenvalue weighted by Crippen LogP contribution is -2.37. The predicted octanol–water partition coefficient (Wildman–Crippen LogP) is 3.43. The summed E-state index contributed by atoms with van der Waals surface area (Å²) in [4.78, 5) is 18.9. The van der Waals surface area contributed by atoms with E-state index in [0.29, 0.717) is 5.75 Å². The summed E-state index contributed by atoms with van der Waals surface area (Å²) in [5.41, 5.74) is 3.24. The van der Waals surface area contributed by atoms with Crippen LogP contribution in [-0.2, 0) is 17.8 Å². The number of pyridine rings is 1. The Morgan fingerprint density at radius 2 is 1.96 bits per heavy atom. The van der Waals surface area contributed by atoms with Gasteiger partial charge < -0.3 is 9.47 Å². The molecule has 1 aromatic carbocycles. The third-order valence-electron chi connectivity index (χ3n) is 4.77. The average molecular weight is 379 g/mol. The van der Waals surface area contributed by atoms with Crippen LogP contribution in [0, 0.1) is 0 Å². The standard InChI is InChI=1S/C20H21N5OS/c1-3-24-19(15-8-10-21-11-9-15)22-23-20(24)27-13-18(26)25-14(2)12-16-6-4-5-7-17(16)25/h4-11,14H,3,12-13H2,1-2H3/t14-/m0/s1. The van der Waals surface area contributed by atoms with Crippen molar-refractivity contribution in [3.63, 3.8) is 0 Å². The summed E-state index contributed by atoms with van der Waals surface area (Å²) >= 11 is 1.44. The topological polar surface area (TPSA) is 63.9 Å². The number of carbonyl (C=O) groups is 1. The van der Waals surface area contributed by atoms with Gasteiger partial charge in [-0.2, -0.15) is 0 Å². The van der Waals surface area contributed by atoms with Gasteiger partial charge >= 0.3 is 0 Å². The monoisotopic (exact) mass is 379 g/mol. The molecule has 27 heavy (non-hydrogen) atoms. The highest BCUT2D eigenvalue weighted by Gasteiger charge is 2.30. The molecule has 0 spiro atoms. The molecule has 0 unspecified atom stereocenters. The van der Waals surface area contributed by atoms with Gasteiger partial charge in [0.2, 0.25) is 5.91 Å². The zero-order valence-electron chi connectivity index (χ0n) is 15.4. The van der Waals surface area contributed by atoms with Crippen molar-refractivity contribution in [2.75, 3.05) is 10.7 Å². The van der Waals surface area contributed by atoms with E-state index in [4.69, 9.17) is 0 Å². The molecule has 0 radical (unpaired) electrons. The van der Waals surface area contributed by atoms with Gasteiger partial charge in [-0.05, 0) is 44.0 Å². The minimum Gasteiger partial charge on any atom is -0.308 e. The minimum atomic E-state index is 0.105. The Bertz CT molecular complexity index is 956. The van der Waals surface area contributed by atoms with E-state index < -0.39 is 0 Å². The number of carbonyl (C=O) groups excluding carboxylic acids is 1. The van der Waals surface area contributed by atoms with Gasteiger partial charge in [0.05, 0.1) is 5.75 Å². The summed E-state index contributed by atoms with van der Waals surface area (Å²) in [6.45, 7) is 4.89. The molecule has 4 rings (SSSR count). The van der Waals surface area contributed by atoms with E-state index in [0.717, 1.165) is 35.2 Å². The van der Waals surface area contributed by atoms with E-state index >= 15 is 0 Å². The smallest absolute Gasteiger partial charge is 0.237 e. The molecule has 3 heterocycles. The van der Waals surface area contributed by atoms with Crippen molar-refractivity contribution in [3.05, 3.63) is 54.4 Å². The molecule has 0 fully saturated rings. The number of benzene rings is 1. The predicted molar refractivity (Wildman–Crippen MR) is 107 cm³/mol. The molecular formula is C20H21N5OS. The van der Waals surface area contributed by atoms with Crippen LogP contribution in [0.2, 0.25) is 0 Å². The second kappa shape index (κ2) is 7.52. The number of aromatic nitrogens is 4. The fourth-order valence-corrected chi connectivity index (χ4v) is 4.40. The van der Waals surface area contributed by atoms with Crippen LogP contribution in [-0.4, -0.2) is 37.5 Å². The zero-order chi connectivity index (χ0) is 18.8. The lowest BCUT2D eigenvalue weighted by molar-refractivity contribution is -0.116. The van der Waals surface area contributed by atoms with Crippen LogP contribution in [0.4, 0.5) is 5.69 Å². The normalized spacial score (nSPS) is 15.8. The Morgan fingerprint density at radius 1 is 1.19 bits per heavy atom. The molecule has 1 atom stereocenters. The van der Waals surface area contributed by atoms with Crippen LogP contribution >= 0.6 is 11.8 Å². The highest BCUT2D eigenvalue weighted by molar-refractivity contribution is 7.99. The van der Waals surface area contributed by atoms with E-state index in [2.05, 4.69) is 35.1 Å². The number of nitrogens with zero attached hydrogens (tertiary/aromatic N) is 5. The Morgan fingerprint density at radius 3 is 2.74 bits per heavy atom. The molecule has 1 aliphatic heterocycles. The summed E-state index contributed by atoms with van der Waals surface area (Å²) in [6.07, 6.45) is 4.39. The number of rotatable bonds is 5. The first-order chi connectivity index (χ1) is 13.2. The largest absolute Gasteiger partial charge is 0.308 e. The van der Waals surface area contributed by atoms with Crippen molar-refractivity contribution in [2.45, 2.75) is 38.0 Å². The number of thioether (sulfide) groups is 1. The third-order valence-corrected chi connectivity index (χ3v) is 5.72. The zero-order valence-corrected chi connectivity index (χ0v) is 16.2. The number of hydrogen-bond acceptors (Lipinski definition) is 5. The second-order valence-electron chi connectivity index (χ2n) is 6.52. The van der Waals surface area contributed by atoms with Gasteiger partial charge in [0.15, 0.2) is 11.0 Å². The number of anilines is 1. The van der Waals surface area contributed by atoms with Crippen molar-refractivity contribution in [3.8, 4) is 11.4 Å². The van der Waals surface area contributed by atoms with Gasteiger partial charge in [0.25, 0.3) is 0 Å². The van der Waals surface area contributed by atoms with Crippen molar-refractivity contribution >= 4 is 23.4 Å². The highest BCUT2D eigenvalue weighted by atomic mass is 32.2. The van der Waals surface area contributed by atoms with E-state index in [1.54, 1.807) is 12.4 Å². The molecule has 7 heteroatoms. The van der Waals surface area contributed by atoms with E-state index in [1.165, 1.54) is 17.3 Å². The fourth-order valence-electron chi connectivity index (χ4n) is 3.54. The summed E-state index contributed by atoms with van der Waals surface area (Å²) in [5.74, 6) is 1.25. The van der Waals surface area contributed by atoms with Gasteiger partial charge in [-0.25, -0.2) is 0 Å². The van der Waals surface area contributed by atoms with Gasteiger partial charge in [-0.15, -0.1) is 10.2 Å². The Balaban J connectivity index is 1.51. The summed E-state index contributed by atoms with van der Waals surface area (Å²) in [5, 5.41) is 9.39. The van der Waals surface area contributed by atoms with Gasteiger partial charge in [0, 0.05) is 36.2 Å². The molecule has 1 amide bonds. The maximum absolute atomic E-state index is 12.9. The molecule has 2 aromatic heterocycles. The number of para-hydroxylation sites is 1. The van der Waals surface area contributed by atoms with Crippen molar-refractivity contribution in [1.29, 1.82) is 0 Å². The first-order valence-electron chi connectivity index (χ1n) is 9.05. The maximum Gasteiger partial charge on any atom is 0.237 e. The molecule has 138 valence electrons. The molecule has 0 bridgehead atoms.